The Hall–Kier alpha value is -2.26. The smallest absolute Gasteiger partial charge is 0.257 e. The van der Waals surface area contributed by atoms with Gasteiger partial charge in [0.2, 0.25) is 0 Å². The van der Waals surface area contributed by atoms with E-state index in [1.165, 1.54) is 5.56 Å². The number of carbonyl (C=O) groups is 1. The molecule has 4 heteroatoms. The molecule has 2 aromatic carbocycles. The molecule has 0 fully saturated rings. The standard InChI is InChI=1S/C19H19ClN2O/c1-19(2,3)12-4-7-14(8-5-12)21-11-16-15-10-13(20)6-9-17(15)22-18(16)23/h4-11,21H,1-3H3,(H,22,23). The quantitative estimate of drug-likeness (QED) is 0.759. The maximum absolute atomic E-state index is 12.1. The number of hydrogen-bond acceptors (Lipinski definition) is 2. The van der Waals surface area contributed by atoms with E-state index in [-0.39, 0.29) is 11.3 Å². The zero-order valence-corrected chi connectivity index (χ0v) is 14.2. The fourth-order valence-corrected chi connectivity index (χ4v) is 2.70. The third-order valence-corrected chi connectivity index (χ3v) is 4.13. The number of fused-ring (bicyclic) bond motifs is 1. The number of nitrogens with one attached hydrogen (secondary N) is 2. The van der Waals surface area contributed by atoms with Crippen LogP contribution in [0.25, 0.3) is 5.57 Å². The van der Waals surface area contributed by atoms with Gasteiger partial charge in [0, 0.05) is 28.2 Å². The van der Waals surface area contributed by atoms with Crippen molar-refractivity contribution in [3.05, 3.63) is 64.8 Å². The van der Waals surface area contributed by atoms with E-state index in [9.17, 15) is 4.79 Å². The minimum absolute atomic E-state index is 0.123. The van der Waals surface area contributed by atoms with Crippen LogP contribution in [0, 0.1) is 0 Å². The monoisotopic (exact) mass is 326 g/mol. The summed E-state index contributed by atoms with van der Waals surface area (Å²) in [5, 5.41) is 6.64. The van der Waals surface area contributed by atoms with Crippen LogP contribution >= 0.6 is 11.6 Å². The highest BCUT2D eigenvalue weighted by Gasteiger charge is 2.24. The van der Waals surface area contributed by atoms with Gasteiger partial charge in [-0.25, -0.2) is 0 Å². The summed E-state index contributed by atoms with van der Waals surface area (Å²) >= 11 is 6.03. The lowest BCUT2D eigenvalue weighted by Crippen LogP contribution is -2.10. The van der Waals surface area contributed by atoms with Gasteiger partial charge in [0.15, 0.2) is 0 Å². The Morgan fingerprint density at radius 1 is 1.09 bits per heavy atom. The van der Waals surface area contributed by atoms with Gasteiger partial charge in [-0.05, 0) is 41.3 Å². The molecule has 3 rings (SSSR count). The van der Waals surface area contributed by atoms with Crippen molar-refractivity contribution in [3.8, 4) is 0 Å². The van der Waals surface area contributed by atoms with E-state index in [0.29, 0.717) is 10.6 Å². The predicted octanol–water partition coefficient (Wildman–Crippen LogP) is 5.04. The van der Waals surface area contributed by atoms with E-state index >= 15 is 0 Å². The summed E-state index contributed by atoms with van der Waals surface area (Å²) in [6.45, 7) is 6.54. The number of anilines is 2. The molecule has 2 N–H and O–H groups in total. The first kappa shape index (κ1) is 15.6. The fraction of sp³-hybridized carbons (Fsp3) is 0.211. The molecule has 0 saturated heterocycles. The van der Waals surface area contributed by atoms with Gasteiger partial charge in [-0.1, -0.05) is 44.5 Å². The van der Waals surface area contributed by atoms with Crippen LogP contribution in [0.5, 0.6) is 0 Å². The molecule has 1 aliphatic rings. The van der Waals surface area contributed by atoms with Crippen LogP contribution in [0.4, 0.5) is 11.4 Å². The van der Waals surface area contributed by atoms with Crippen molar-refractivity contribution >= 4 is 34.5 Å². The summed E-state index contributed by atoms with van der Waals surface area (Å²) in [5.74, 6) is -0.124. The van der Waals surface area contributed by atoms with Crippen molar-refractivity contribution in [2.45, 2.75) is 26.2 Å². The van der Waals surface area contributed by atoms with Crippen molar-refractivity contribution in [1.29, 1.82) is 0 Å². The Kier molecular flexibility index (Phi) is 3.90. The minimum atomic E-state index is -0.124. The number of hydrogen-bond donors (Lipinski definition) is 2. The van der Waals surface area contributed by atoms with E-state index in [2.05, 4.69) is 43.5 Å². The number of rotatable bonds is 2. The molecule has 0 unspecified atom stereocenters. The second-order valence-electron chi connectivity index (χ2n) is 6.67. The van der Waals surface area contributed by atoms with Gasteiger partial charge in [0.05, 0.1) is 5.57 Å². The highest BCUT2D eigenvalue weighted by atomic mass is 35.5. The largest absolute Gasteiger partial charge is 0.361 e. The molecule has 0 aromatic heterocycles. The third-order valence-electron chi connectivity index (χ3n) is 3.90. The van der Waals surface area contributed by atoms with Crippen molar-refractivity contribution < 1.29 is 4.79 Å². The molecule has 0 radical (unpaired) electrons. The Morgan fingerprint density at radius 3 is 2.43 bits per heavy atom. The molecular formula is C19H19ClN2O. The van der Waals surface area contributed by atoms with Crippen molar-refractivity contribution in [2.24, 2.45) is 0 Å². The van der Waals surface area contributed by atoms with Gasteiger partial charge >= 0.3 is 0 Å². The Morgan fingerprint density at radius 2 is 1.78 bits per heavy atom. The van der Waals surface area contributed by atoms with Crippen molar-refractivity contribution in [2.75, 3.05) is 10.6 Å². The Bertz CT molecular complexity index is 786. The lowest BCUT2D eigenvalue weighted by atomic mass is 9.87. The lowest BCUT2D eigenvalue weighted by Gasteiger charge is -2.19. The van der Waals surface area contributed by atoms with Gasteiger partial charge in [0.1, 0.15) is 0 Å². The summed E-state index contributed by atoms with van der Waals surface area (Å²) < 4.78 is 0. The first-order chi connectivity index (χ1) is 10.8. The van der Waals surface area contributed by atoms with E-state index in [4.69, 9.17) is 11.6 Å². The molecule has 23 heavy (non-hydrogen) atoms. The van der Waals surface area contributed by atoms with Crippen LogP contribution in [0.2, 0.25) is 5.02 Å². The number of amides is 1. The molecule has 0 atom stereocenters. The van der Waals surface area contributed by atoms with Crippen molar-refractivity contribution in [3.63, 3.8) is 0 Å². The molecule has 118 valence electrons. The van der Waals surface area contributed by atoms with E-state index in [1.54, 1.807) is 18.3 Å². The number of carbonyl (C=O) groups excluding carboxylic acids is 1. The summed E-state index contributed by atoms with van der Waals surface area (Å²) in [5.41, 5.74) is 4.53. The molecule has 0 saturated carbocycles. The maximum Gasteiger partial charge on any atom is 0.257 e. The Balaban J connectivity index is 1.84. The number of benzene rings is 2. The highest BCUT2D eigenvalue weighted by Crippen LogP contribution is 2.33. The highest BCUT2D eigenvalue weighted by molar-refractivity contribution is 6.34. The molecule has 1 amide bonds. The van der Waals surface area contributed by atoms with Crippen LogP contribution in [0.15, 0.2) is 48.7 Å². The van der Waals surface area contributed by atoms with Gasteiger partial charge in [0.25, 0.3) is 5.91 Å². The van der Waals surface area contributed by atoms with Gasteiger partial charge in [-0.2, -0.15) is 0 Å². The summed E-state index contributed by atoms with van der Waals surface area (Å²) in [6.07, 6.45) is 1.73. The van der Waals surface area contributed by atoms with Crippen LogP contribution in [-0.2, 0) is 10.2 Å². The summed E-state index contributed by atoms with van der Waals surface area (Å²) in [7, 11) is 0. The molecule has 1 aliphatic heterocycles. The molecular weight excluding hydrogens is 308 g/mol. The Labute approximate surface area is 141 Å². The van der Waals surface area contributed by atoms with Crippen LogP contribution in [-0.4, -0.2) is 5.91 Å². The first-order valence-corrected chi connectivity index (χ1v) is 7.91. The predicted molar refractivity (Wildman–Crippen MR) is 96.8 cm³/mol. The van der Waals surface area contributed by atoms with Gasteiger partial charge in [-0.3, -0.25) is 4.79 Å². The molecule has 0 aliphatic carbocycles. The molecule has 0 bridgehead atoms. The van der Waals surface area contributed by atoms with Crippen LogP contribution in [0.1, 0.15) is 31.9 Å². The van der Waals surface area contributed by atoms with E-state index in [1.807, 2.05) is 18.2 Å². The van der Waals surface area contributed by atoms with E-state index in [0.717, 1.165) is 16.9 Å². The topological polar surface area (TPSA) is 41.1 Å². The fourth-order valence-electron chi connectivity index (χ4n) is 2.53. The summed E-state index contributed by atoms with van der Waals surface area (Å²) in [4.78, 5) is 12.1. The van der Waals surface area contributed by atoms with E-state index < -0.39 is 0 Å². The van der Waals surface area contributed by atoms with Gasteiger partial charge < -0.3 is 10.6 Å². The third kappa shape index (κ3) is 3.25. The minimum Gasteiger partial charge on any atom is -0.361 e. The second kappa shape index (κ2) is 5.74. The second-order valence-corrected chi connectivity index (χ2v) is 7.11. The van der Waals surface area contributed by atoms with Gasteiger partial charge in [-0.15, -0.1) is 0 Å². The van der Waals surface area contributed by atoms with Crippen LogP contribution < -0.4 is 10.6 Å². The van der Waals surface area contributed by atoms with Crippen LogP contribution in [0.3, 0.4) is 0 Å². The average molecular weight is 327 g/mol. The zero-order chi connectivity index (χ0) is 16.6. The molecule has 1 heterocycles. The maximum atomic E-state index is 12.1. The summed E-state index contributed by atoms with van der Waals surface area (Å²) in [6, 6.07) is 13.6. The average Bonchev–Trinajstić information content (AvgIpc) is 2.79. The molecule has 2 aromatic rings. The first-order valence-electron chi connectivity index (χ1n) is 7.53. The normalized spacial score (nSPS) is 15.5. The SMILES string of the molecule is CC(C)(C)c1ccc(NC=C2C(=O)Nc3ccc(Cl)cc32)cc1. The van der Waals surface area contributed by atoms with Crippen molar-refractivity contribution in [1.82, 2.24) is 0 Å². The zero-order valence-electron chi connectivity index (χ0n) is 13.4. The molecule has 0 spiro atoms. The number of halogens is 1. The lowest BCUT2D eigenvalue weighted by molar-refractivity contribution is -0.110. The molecule has 3 nitrogen and oxygen atoms in total.